The number of allylic oxidation sites excluding steroid dienone is 2. The number of nitrogens with one attached hydrogen (secondary N) is 2. The Morgan fingerprint density at radius 1 is 1.43 bits per heavy atom. The van der Waals surface area contributed by atoms with Gasteiger partial charge >= 0.3 is 0 Å². The van der Waals surface area contributed by atoms with Crippen LogP contribution in [0.1, 0.15) is 23.2 Å². The molecule has 2 aliphatic rings. The van der Waals surface area contributed by atoms with Gasteiger partial charge < -0.3 is 10.6 Å². The molecule has 0 radical (unpaired) electrons. The number of aromatic nitrogens is 1. The molecule has 1 aromatic rings. The fourth-order valence-corrected chi connectivity index (χ4v) is 3.42. The van der Waals surface area contributed by atoms with Gasteiger partial charge in [0.1, 0.15) is 0 Å². The Bertz CT molecular complexity index is 625. The molecule has 1 unspecified atom stereocenters. The second kappa shape index (κ2) is 6.13. The minimum Gasteiger partial charge on any atom is -0.372 e. The number of amides is 1. The number of carbonyl (C=O) groups is 2. The van der Waals surface area contributed by atoms with Gasteiger partial charge in [0.25, 0.3) is 5.91 Å². The maximum Gasteiger partial charge on any atom is 0.251 e. The molecule has 1 aromatic heterocycles. The van der Waals surface area contributed by atoms with E-state index in [0.29, 0.717) is 18.5 Å². The normalized spacial score (nSPS) is 20.2. The van der Waals surface area contributed by atoms with E-state index in [1.54, 1.807) is 42.4 Å². The fraction of sp³-hybridized carbons (Fsp3) is 0.267. The highest BCUT2D eigenvalue weighted by atomic mass is 32.2. The van der Waals surface area contributed by atoms with Crippen LogP contribution in [0.3, 0.4) is 0 Å². The molecule has 2 heterocycles. The van der Waals surface area contributed by atoms with E-state index in [1.807, 2.05) is 6.08 Å². The SMILES string of the molecule is O=C1C=C2SC(CCNC(=O)c3ccncc3)NC2=CC1. The lowest BCUT2D eigenvalue weighted by Gasteiger charge is -2.10. The summed E-state index contributed by atoms with van der Waals surface area (Å²) < 4.78 is 0. The van der Waals surface area contributed by atoms with Gasteiger partial charge in [0.05, 0.1) is 5.37 Å². The van der Waals surface area contributed by atoms with Crippen LogP contribution in [0.25, 0.3) is 0 Å². The van der Waals surface area contributed by atoms with Crippen molar-refractivity contribution in [1.82, 2.24) is 15.6 Å². The maximum absolute atomic E-state index is 11.9. The molecule has 0 saturated carbocycles. The molecular formula is C15H15N3O2S. The summed E-state index contributed by atoms with van der Waals surface area (Å²) in [6.07, 6.45) is 8.10. The summed E-state index contributed by atoms with van der Waals surface area (Å²) in [4.78, 5) is 28.1. The largest absolute Gasteiger partial charge is 0.372 e. The Kier molecular flexibility index (Phi) is 4.06. The van der Waals surface area contributed by atoms with Crippen molar-refractivity contribution >= 4 is 23.5 Å². The van der Waals surface area contributed by atoms with E-state index >= 15 is 0 Å². The molecule has 3 rings (SSSR count). The number of thioether (sulfide) groups is 1. The van der Waals surface area contributed by atoms with Crippen molar-refractivity contribution in [2.45, 2.75) is 18.2 Å². The first-order valence-corrected chi connectivity index (χ1v) is 7.67. The first kappa shape index (κ1) is 13.9. The third-order valence-corrected chi connectivity index (χ3v) is 4.51. The van der Waals surface area contributed by atoms with E-state index in [2.05, 4.69) is 15.6 Å². The molecule has 1 aliphatic carbocycles. The Balaban J connectivity index is 1.48. The van der Waals surface area contributed by atoms with Gasteiger partial charge in [-0.2, -0.15) is 0 Å². The number of fused-ring (bicyclic) bond motifs is 1. The Labute approximate surface area is 126 Å². The molecule has 2 N–H and O–H groups in total. The summed E-state index contributed by atoms with van der Waals surface area (Å²) in [6.45, 7) is 0.584. The predicted molar refractivity (Wildman–Crippen MR) is 81.5 cm³/mol. The van der Waals surface area contributed by atoms with E-state index in [1.165, 1.54) is 0 Å². The Hall–Kier alpha value is -2.08. The van der Waals surface area contributed by atoms with Crippen LogP contribution in [0.15, 0.2) is 47.3 Å². The zero-order chi connectivity index (χ0) is 14.7. The number of hydrogen-bond donors (Lipinski definition) is 2. The average Bonchev–Trinajstić information content (AvgIpc) is 2.89. The Morgan fingerprint density at radius 2 is 2.24 bits per heavy atom. The van der Waals surface area contributed by atoms with Gasteiger partial charge in [-0.25, -0.2) is 0 Å². The molecule has 1 amide bonds. The number of rotatable bonds is 4. The van der Waals surface area contributed by atoms with Crippen molar-refractivity contribution in [3.05, 3.63) is 52.8 Å². The molecule has 0 spiro atoms. The highest BCUT2D eigenvalue weighted by molar-refractivity contribution is 8.04. The molecular weight excluding hydrogens is 286 g/mol. The molecule has 0 aromatic carbocycles. The van der Waals surface area contributed by atoms with Crippen molar-refractivity contribution in [3.8, 4) is 0 Å². The summed E-state index contributed by atoms with van der Waals surface area (Å²) >= 11 is 1.65. The van der Waals surface area contributed by atoms with Gasteiger partial charge in [-0.3, -0.25) is 14.6 Å². The van der Waals surface area contributed by atoms with E-state index in [0.717, 1.165) is 17.0 Å². The second-order valence-corrected chi connectivity index (χ2v) is 6.07. The van der Waals surface area contributed by atoms with Crippen LogP contribution in [0.2, 0.25) is 0 Å². The van der Waals surface area contributed by atoms with Crippen LogP contribution in [0.4, 0.5) is 0 Å². The summed E-state index contributed by atoms with van der Waals surface area (Å²) in [5, 5.41) is 6.46. The highest BCUT2D eigenvalue weighted by Gasteiger charge is 2.26. The topological polar surface area (TPSA) is 71.1 Å². The highest BCUT2D eigenvalue weighted by Crippen LogP contribution is 2.37. The molecule has 1 atom stereocenters. The molecule has 1 fully saturated rings. The van der Waals surface area contributed by atoms with Gasteiger partial charge in [0.15, 0.2) is 5.78 Å². The Morgan fingerprint density at radius 3 is 3.05 bits per heavy atom. The van der Waals surface area contributed by atoms with Gasteiger partial charge in [-0.05, 0) is 24.6 Å². The molecule has 108 valence electrons. The van der Waals surface area contributed by atoms with Crippen LogP contribution in [0, 0.1) is 0 Å². The van der Waals surface area contributed by atoms with E-state index < -0.39 is 0 Å². The number of hydrogen-bond acceptors (Lipinski definition) is 5. The third-order valence-electron chi connectivity index (χ3n) is 3.29. The number of pyridine rings is 1. The van der Waals surface area contributed by atoms with Crippen molar-refractivity contribution < 1.29 is 9.59 Å². The average molecular weight is 301 g/mol. The smallest absolute Gasteiger partial charge is 0.251 e. The fourth-order valence-electron chi connectivity index (χ4n) is 2.22. The predicted octanol–water partition coefficient (Wildman–Crippen LogP) is 1.60. The zero-order valence-corrected chi connectivity index (χ0v) is 12.2. The number of carbonyl (C=O) groups excluding carboxylic acids is 2. The lowest BCUT2D eigenvalue weighted by atomic mass is 10.1. The van der Waals surface area contributed by atoms with Crippen LogP contribution >= 0.6 is 11.8 Å². The molecule has 1 saturated heterocycles. The monoisotopic (exact) mass is 301 g/mol. The third kappa shape index (κ3) is 3.33. The summed E-state index contributed by atoms with van der Waals surface area (Å²) in [5.74, 6) is 0.0566. The van der Waals surface area contributed by atoms with Gasteiger partial charge in [-0.1, -0.05) is 17.8 Å². The maximum atomic E-state index is 11.9. The first-order valence-electron chi connectivity index (χ1n) is 6.79. The van der Waals surface area contributed by atoms with E-state index in [4.69, 9.17) is 0 Å². The van der Waals surface area contributed by atoms with Gasteiger partial charge in [-0.15, -0.1) is 0 Å². The van der Waals surface area contributed by atoms with Crippen LogP contribution in [0.5, 0.6) is 0 Å². The first-order chi connectivity index (χ1) is 10.2. The van der Waals surface area contributed by atoms with E-state index in [-0.39, 0.29) is 17.1 Å². The molecule has 1 aliphatic heterocycles. The minimum atomic E-state index is -0.0913. The number of ketones is 1. The molecule has 5 nitrogen and oxygen atoms in total. The van der Waals surface area contributed by atoms with Crippen molar-refractivity contribution in [3.63, 3.8) is 0 Å². The quantitative estimate of drug-likeness (QED) is 0.884. The van der Waals surface area contributed by atoms with Gasteiger partial charge in [0.2, 0.25) is 0 Å². The van der Waals surface area contributed by atoms with Crippen LogP contribution in [-0.2, 0) is 4.79 Å². The van der Waals surface area contributed by atoms with Crippen LogP contribution in [-0.4, -0.2) is 28.6 Å². The van der Waals surface area contributed by atoms with Gasteiger partial charge in [0, 0.05) is 41.5 Å². The molecule has 6 heteroatoms. The zero-order valence-electron chi connectivity index (χ0n) is 11.3. The standard InChI is InChI=1S/C15H15N3O2S/c19-11-1-2-12-13(9-11)21-14(18-12)5-8-17-15(20)10-3-6-16-7-4-10/h2-4,6-7,9,14,18H,1,5,8H2,(H,17,20). The summed E-state index contributed by atoms with van der Waals surface area (Å²) in [6, 6.07) is 3.38. The lowest BCUT2D eigenvalue weighted by molar-refractivity contribution is -0.113. The van der Waals surface area contributed by atoms with Crippen molar-refractivity contribution in [1.29, 1.82) is 0 Å². The lowest BCUT2D eigenvalue weighted by Crippen LogP contribution is -2.29. The van der Waals surface area contributed by atoms with Crippen LogP contribution < -0.4 is 10.6 Å². The summed E-state index contributed by atoms with van der Waals surface area (Å²) in [5.41, 5.74) is 1.66. The second-order valence-electron chi connectivity index (χ2n) is 4.83. The molecule has 0 bridgehead atoms. The van der Waals surface area contributed by atoms with E-state index in [9.17, 15) is 9.59 Å². The minimum absolute atomic E-state index is 0.0913. The van der Waals surface area contributed by atoms with Crippen molar-refractivity contribution in [2.75, 3.05) is 6.54 Å². The summed E-state index contributed by atoms with van der Waals surface area (Å²) in [7, 11) is 0. The number of nitrogens with zero attached hydrogens (tertiary/aromatic N) is 1. The molecule has 21 heavy (non-hydrogen) atoms. The van der Waals surface area contributed by atoms with Crippen molar-refractivity contribution in [2.24, 2.45) is 0 Å².